The van der Waals surface area contributed by atoms with Crippen molar-refractivity contribution >= 4 is 23.4 Å². The van der Waals surface area contributed by atoms with E-state index in [1.165, 1.54) is 0 Å². The number of hydrogen-bond donors (Lipinski definition) is 1. The van der Waals surface area contributed by atoms with Crippen molar-refractivity contribution in [3.05, 3.63) is 41.2 Å². The number of halogens is 1. The first-order chi connectivity index (χ1) is 9.11. The van der Waals surface area contributed by atoms with Crippen LogP contribution in [0.1, 0.15) is 11.7 Å². The van der Waals surface area contributed by atoms with Crippen LogP contribution in [0.25, 0.3) is 0 Å². The largest absolute Gasteiger partial charge is 0.493 e. The van der Waals surface area contributed by atoms with E-state index in [4.69, 9.17) is 22.1 Å². The van der Waals surface area contributed by atoms with Gasteiger partial charge >= 0.3 is 0 Å². The minimum absolute atomic E-state index is 0.147. The maximum atomic E-state index is 6.21. The van der Waals surface area contributed by atoms with Crippen LogP contribution in [0.2, 0.25) is 5.02 Å². The molecule has 6 heteroatoms. The number of nitrogens with zero attached hydrogens (tertiary/aromatic N) is 2. The summed E-state index contributed by atoms with van der Waals surface area (Å²) in [4.78, 5) is 1.10. The number of thioether (sulfide) groups is 1. The van der Waals surface area contributed by atoms with Gasteiger partial charge in [-0.2, -0.15) is 5.10 Å². The second kappa shape index (κ2) is 6.32. The summed E-state index contributed by atoms with van der Waals surface area (Å²) in [7, 11) is 3.49. The number of aryl methyl sites for hydroxylation is 1. The van der Waals surface area contributed by atoms with Crippen LogP contribution in [0.15, 0.2) is 35.4 Å². The molecule has 102 valence electrons. The predicted octanol–water partition coefficient (Wildman–Crippen LogP) is 2.87. The number of hydrogen-bond acceptors (Lipinski definition) is 4. The Morgan fingerprint density at radius 3 is 3.00 bits per heavy atom. The monoisotopic (exact) mass is 297 g/mol. The molecule has 0 aliphatic carbocycles. The fourth-order valence-corrected chi connectivity index (χ4v) is 3.00. The molecule has 2 aromatic rings. The van der Waals surface area contributed by atoms with Crippen LogP contribution in [-0.2, 0) is 7.05 Å². The molecule has 0 saturated carbocycles. The SMILES string of the molecule is COc1cnn(C)c1C(N)CSc1cccc(Cl)c1. The molecule has 19 heavy (non-hydrogen) atoms. The third-order valence-electron chi connectivity index (χ3n) is 2.75. The van der Waals surface area contributed by atoms with Crippen molar-refractivity contribution in [2.75, 3.05) is 12.9 Å². The number of aromatic nitrogens is 2. The zero-order valence-electron chi connectivity index (χ0n) is 10.8. The Balaban J connectivity index is 2.05. The highest BCUT2D eigenvalue weighted by Crippen LogP contribution is 2.29. The van der Waals surface area contributed by atoms with Gasteiger partial charge in [0.05, 0.1) is 25.0 Å². The fraction of sp³-hybridized carbons (Fsp3) is 0.308. The molecule has 0 saturated heterocycles. The van der Waals surface area contributed by atoms with Gasteiger partial charge in [0.1, 0.15) is 0 Å². The first-order valence-electron chi connectivity index (χ1n) is 5.81. The minimum Gasteiger partial charge on any atom is -0.493 e. The summed E-state index contributed by atoms with van der Waals surface area (Å²) in [5.41, 5.74) is 7.11. The maximum Gasteiger partial charge on any atom is 0.161 e. The molecule has 1 heterocycles. The third kappa shape index (κ3) is 3.43. The Bertz CT molecular complexity index is 559. The van der Waals surface area contributed by atoms with Crippen molar-refractivity contribution in [1.82, 2.24) is 9.78 Å². The topological polar surface area (TPSA) is 53.1 Å². The standard InChI is InChI=1S/C13H16ClN3OS/c1-17-13(12(18-2)7-16-17)11(15)8-19-10-5-3-4-9(14)6-10/h3-7,11H,8,15H2,1-2H3. The van der Waals surface area contributed by atoms with Crippen molar-refractivity contribution in [2.45, 2.75) is 10.9 Å². The zero-order valence-corrected chi connectivity index (χ0v) is 12.4. The number of benzene rings is 1. The van der Waals surface area contributed by atoms with Gasteiger partial charge in [-0.3, -0.25) is 4.68 Å². The highest BCUT2D eigenvalue weighted by Gasteiger charge is 2.17. The second-order valence-electron chi connectivity index (χ2n) is 4.10. The zero-order chi connectivity index (χ0) is 13.8. The smallest absolute Gasteiger partial charge is 0.161 e. The number of nitrogens with two attached hydrogens (primary N) is 1. The average molecular weight is 298 g/mol. The first kappa shape index (κ1) is 14.2. The van der Waals surface area contributed by atoms with E-state index < -0.39 is 0 Å². The lowest BCUT2D eigenvalue weighted by atomic mass is 10.2. The van der Waals surface area contributed by atoms with E-state index in [0.717, 1.165) is 27.1 Å². The molecule has 2 N–H and O–H groups in total. The first-order valence-corrected chi connectivity index (χ1v) is 7.18. The molecule has 0 fully saturated rings. The number of methoxy groups -OCH3 is 1. The van der Waals surface area contributed by atoms with E-state index >= 15 is 0 Å². The van der Waals surface area contributed by atoms with Gasteiger partial charge in [-0.1, -0.05) is 17.7 Å². The Morgan fingerprint density at radius 1 is 1.53 bits per heavy atom. The van der Waals surface area contributed by atoms with Crippen molar-refractivity contribution in [3.8, 4) is 5.75 Å². The van der Waals surface area contributed by atoms with Crippen LogP contribution < -0.4 is 10.5 Å². The molecule has 1 unspecified atom stereocenters. The normalized spacial score (nSPS) is 12.4. The lowest BCUT2D eigenvalue weighted by Crippen LogP contribution is -2.17. The lowest BCUT2D eigenvalue weighted by molar-refractivity contribution is 0.405. The molecule has 2 rings (SSSR count). The molecule has 1 aromatic carbocycles. The van der Waals surface area contributed by atoms with Gasteiger partial charge in [-0.05, 0) is 18.2 Å². The Labute approximate surface area is 121 Å². The summed E-state index contributed by atoms with van der Waals surface area (Å²) in [6.07, 6.45) is 1.68. The Kier molecular flexibility index (Phi) is 4.74. The summed E-state index contributed by atoms with van der Waals surface area (Å²) >= 11 is 7.62. The molecule has 0 spiro atoms. The molecule has 0 aliphatic rings. The highest BCUT2D eigenvalue weighted by atomic mass is 35.5. The molecule has 0 radical (unpaired) electrons. The van der Waals surface area contributed by atoms with Crippen LogP contribution in [0.3, 0.4) is 0 Å². The molecular weight excluding hydrogens is 282 g/mol. The summed E-state index contributed by atoms with van der Waals surface area (Å²) in [5.74, 6) is 1.46. The number of ether oxygens (including phenoxy) is 1. The van der Waals surface area contributed by atoms with Crippen molar-refractivity contribution in [2.24, 2.45) is 12.8 Å². The van der Waals surface area contributed by atoms with Crippen molar-refractivity contribution in [3.63, 3.8) is 0 Å². The third-order valence-corrected chi connectivity index (χ3v) is 4.09. The van der Waals surface area contributed by atoms with E-state index in [1.54, 1.807) is 29.8 Å². The van der Waals surface area contributed by atoms with Crippen LogP contribution in [-0.4, -0.2) is 22.6 Å². The minimum atomic E-state index is -0.147. The summed E-state index contributed by atoms with van der Waals surface area (Å²) in [5, 5.41) is 4.89. The predicted molar refractivity (Wildman–Crippen MR) is 78.9 cm³/mol. The van der Waals surface area contributed by atoms with Crippen LogP contribution in [0, 0.1) is 0 Å². The summed E-state index contributed by atoms with van der Waals surface area (Å²) < 4.78 is 7.02. The Hall–Kier alpha value is -1.17. The molecule has 0 amide bonds. The molecular formula is C13H16ClN3OS. The molecule has 1 atom stereocenters. The van der Waals surface area contributed by atoms with Gasteiger partial charge in [-0.25, -0.2) is 0 Å². The molecule has 4 nitrogen and oxygen atoms in total. The quantitative estimate of drug-likeness (QED) is 0.862. The van der Waals surface area contributed by atoms with E-state index in [-0.39, 0.29) is 6.04 Å². The van der Waals surface area contributed by atoms with Crippen LogP contribution in [0.5, 0.6) is 5.75 Å². The van der Waals surface area contributed by atoms with Crippen molar-refractivity contribution in [1.29, 1.82) is 0 Å². The molecule has 0 bridgehead atoms. The average Bonchev–Trinajstić information content (AvgIpc) is 2.77. The fourth-order valence-electron chi connectivity index (χ4n) is 1.83. The van der Waals surface area contributed by atoms with Crippen molar-refractivity contribution < 1.29 is 4.74 Å². The number of rotatable bonds is 5. The van der Waals surface area contributed by atoms with Gasteiger partial charge < -0.3 is 10.5 Å². The lowest BCUT2D eigenvalue weighted by Gasteiger charge is -2.13. The van der Waals surface area contributed by atoms with Gasteiger partial charge in [-0.15, -0.1) is 11.8 Å². The maximum absolute atomic E-state index is 6.21. The van der Waals surface area contributed by atoms with E-state index in [0.29, 0.717) is 0 Å². The highest BCUT2D eigenvalue weighted by molar-refractivity contribution is 7.99. The summed E-state index contributed by atoms with van der Waals surface area (Å²) in [6.45, 7) is 0. The van der Waals surface area contributed by atoms with E-state index in [1.807, 2.05) is 31.3 Å². The molecule has 0 aliphatic heterocycles. The second-order valence-corrected chi connectivity index (χ2v) is 5.63. The Morgan fingerprint density at radius 2 is 2.32 bits per heavy atom. The van der Waals surface area contributed by atoms with Gasteiger partial charge in [0.25, 0.3) is 0 Å². The van der Waals surface area contributed by atoms with Gasteiger partial charge in [0.2, 0.25) is 0 Å². The van der Waals surface area contributed by atoms with Gasteiger partial charge in [0, 0.05) is 22.7 Å². The van der Waals surface area contributed by atoms with Crippen LogP contribution in [0.4, 0.5) is 0 Å². The van der Waals surface area contributed by atoms with E-state index in [2.05, 4.69) is 5.10 Å². The summed E-state index contributed by atoms with van der Waals surface area (Å²) in [6, 6.07) is 7.59. The van der Waals surface area contributed by atoms with E-state index in [9.17, 15) is 0 Å². The van der Waals surface area contributed by atoms with Gasteiger partial charge in [0.15, 0.2) is 5.75 Å². The molecule has 1 aromatic heterocycles. The van der Waals surface area contributed by atoms with Crippen LogP contribution >= 0.6 is 23.4 Å².